The fourth-order valence-electron chi connectivity index (χ4n) is 3.54. The van der Waals surface area contributed by atoms with Crippen LogP contribution in [0.2, 0.25) is 5.02 Å². The summed E-state index contributed by atoms with van der Waals surface area (Å²) in [5, 5.41) is 4.74. The van der Waals surface area contributed by atoms with Crippen LogP contribution < -0.4 is 5.73 Å². The van der Waals surface area contributed by atoms with E-state index in [0.717, 1.165) is 18.1 Å². The Morgan fingerprint density at radius 1 is 1.21 bits per heavy atom. The van der Waals surface area contributed by atoms with Gasteiger partial charge in [0.2, 0.25) is 0 Å². The summed E-state index contributed by atoms with van der Waals surface area (Å²) in [5.41, 5.74) is 10.3. The van der Waals surface area contributed by atoms with Gasteiger partial charge in [-0.05, 0) is 54.7 Å². The van der Waals surface area contributed by atoms with Gasteiger partial charge in [0.25, 0.3) is 5.92 Å². The zero-order valence-corrected chi connectivity index (χ0v) is 21.0. The Labute approximate surface area is 206 Å². The molecule has 1 aromatic heterocycles. The van der Waals surface area contributed by atoms with Crippen molar-refractivity contribution in [1.29, 1.82) is 0 Å². The fourth-order valence-corrected chi connectivity index (χ4v) is 3.79. The Morgan fingerprint density at radius 3 is 2.44 bits per heavy atom. The molecular weight excluding hydrogens is 452 g/mol. The second-order valence-electron chi connectivity index (χ2n) is 7.95. The monoisotopic (exact) mass is 483 g/mol. The number of allylic oxidation sites excluding steroid dienone is 8. The van der Waals surface area contributed by atoms with E-state index in [9.17, 15) is 8.78 Å². The minimum atomic E-state index is -3.18. The van der Waals surface area contributed by atoms with Gasteiger partial charge >= 0.3 is 0 Å². The lowest BCUT2D eigenvalue weighted by molar-refractivity contribution is 0.0104. The van der Waals surface area contributed by atoms with Gasteiger partial charge in [-0.1, -0.05) is 73.7 Å². The van der Waals surface area contributed by atoms with Crippen molar-refractivity contribution in [2.24, 2.45) is 5.73 Å². The lowest BCUT2D eigenvalue weighted by atomic mass is 9.86. The molecule has 0 aliphatic heterocycles. The van der Waals surface area contributed by atoms with Crippen LogP contribution in [0.1, 0.15) is 50.9 Å². The first kappa shape index (κ1) is 27.2. The number of aromatic nitrogens is 2. The van der Waals surface area contributed by atoms with Gasteiger partial charge in [0.15, 0.2) is 0 Å². The van der Waals surface area contributed by atoms with Gasteiger partial charge in [0.1, 0.15) is 5.69 Å². The number of nitrogens with zero attached hydrogens (tertiary/aromatic N) is 2. The maximum absolute atomic E-state index is 14.9. The number of benzene rings is 1. The quantitative estimate of drug-likeness (QED) is 0.347. The molecule has 0 atom stereocenters. The maximum Gasteiger partial charge on any atom is 0.287 e. The van der Waals surface area contributed by atoms with Crippen molar-refractivity contribution in [2.75, 3.05) is 6.54 Å². The molecule has 2 aromatic rings. The van der Waals surface area contributed by atoms with Crippen molar-refractivity contribution >= 4 is 28.9 Å². The van der Waals surface area contributed by atoms with Crippen molar-refractivity contribution in [1.82, 2.24) is 9.78 Å². The Morgan fingerprint density at radius 2 is 1.88 bits per heavy atom. The summed E-state index contributed by atoms with van der Waals surface area (Å²) in [6.07, 6.45) is 10.8. The largest absolute Gasteiger partial charge is 0.326 e. The van der Waals surface area contributed by atoms with Gasteiger partial charge in [-0.15, -0.1) is 0 Å². The molecule has 0 fully saturated rings. The summed E-state index contributed by atoms with van der Waals surface area (Å²) in [6, 6.07) is 7.26. The van der Waals surface area contributed by atoms with E-state index in [2.05, 4.69) is 18.3 Å². The normalized spacial score (nSPS) is 13.6. The summed E-state index contributed by atoms with van der Waals surface area (Å²) in [4.78, 5) is 0. The molecule has 2 N–H and O–H groups in total. The number of halogens is 3. The van der Waals surface area contributed by atoms with Gasteiger partial charge in [-0.3, -0.25) is 0 Å². The highest BCUT2D eigenvalue weighted by atomic mass is 35.5. The van der Waals surface area contributed by atoms with Crippen molar-refractivity contribution in [3.05, 3.63) is 106 Å². The summed E-state index contributed by atoms with van der Waals surface area (Å²) in [5.74, 6) is -3.18. The third-order valence-electron chi connectivity index (χ3n) is 5.48. The first-order chi connectivity index (χ1) is 16.1. The van der Waals surface area contributed by atoms with Crippen LogP contribution in [0, 0.1) is 0 Å². The molecule has 3 nitrogen and oxygen atoms in total. The molecule has 34 heavy (non-hydrogen) atoms. The maximum atomic E-state index is 14.9. The molecule has 180 valence electrons. The Balaban J connectivity index is 2.75. The van der Waals surface area contributed by atoms with Crippen LogP contribution >= 0.6 is 11.6 Å². The molecule has 0 amide bonds. The Bertz CT molecular complexity index is 1170. The smallest absolute Gasteiger partial charge is 0.287 e. The van der Waals surface area contributed by atoms with Gasteiger partial charge in [0, 0.05) is 35.8 Å². The van der Waals surface area contributed by atoms with E-state index in [1.54, 1.807) is 18.2 Å². The molecule has 0 saturated heterocycles. The SMILES string of the molecule is C=C(CC)/C(C(=C)c1ccccc1Cl)=C(/CN)c1cnn(/C=C/C=C\C(C)=C/C)c1C(C)(F)F. The Kier molecular flexibility index (Phi) is 9.54. The van der Waals surface area contributed by atoms with E-state index in [-0.39, 0.29) is 17.8 Å². The molecule has 0 spiro atoms. The first-order valence-electron chi connectivity index (χ1n) is 11.1. The van der Waals surface area contributed by atoms with Crippen LogP contribution in [0.5, 0.6) is 0 Å². The molecule has 6 heteroatoms. The zero-order chi connectivity index (χ0) is 25.5. The molecule has 0 radical (unpaired) electrons. The molecule has 0 aliphatic carbocycles. The lowest BCUT2D eigenvalue weighted by Gasteiger charge is -2.21. The van der Waals surface area contributed by atoms with Crippen LogP contribution in [0.3, 0.4) is 0 Å². The highest BCUT2D eigenvalue weighted by Gasteiger charge is 2.34. The molecular formula is C28H32ClF2N3. The predicted octanol–water partition coefficient (Wildman–Crippen LogP) is 8.03. The third kappa shape index (κ3) is 6.31. The lowest BCUT2D eigenvalue weighted by Crippen LogP contribution is -2.17. The standard InChI is InChI=1S/C28H32ClF2N3/c1-7-19(3)13-11-12-16-34-27(28(6,30)31)24(18-33-34)23(17-32)26(20(4)8-2)21(5)22-14-9-10-15-25(22)29/h7,9-16,18H,4-5,8,17,32H2,1-3,6H3/b13-11-,16-12+,19-7-,26-23+. The number of rotatable bonds is 10. The van der Waals surface area contributed by atoms with E-state index >= 15 is 0 Å². The van der Waals surface area contributed by atoms with Crippen LogP contribution in [0.25, 0.3) is 17.3 Å². The molecule has 0 bridgehead atoms. The minimum absolute atomic E-state index is 0.00327. The average molecular weight is 484 g/mol. The van der Waals surface area contributed by atoms with E-state index in [4.69, 9.17) is 17.3 Å². The van der Waals surface area contributed by atoms with Gasteiger partial charge in [-0.2, -0.15) is 13.9 Å². The van der Waals surface area contributed by atoms with Gasteiger partial charge < -0.3 is 5.73 Å². The number of nitrogens with two attached hydrogens (primary N) is 1. The van der Waals surface area contributed by atoms with E-state index < -0.39 is 5.92 Å². The van der Waals surface area contributed by atoms with Crippen molar-refractivity contribution < 1.29 is 8.78 Å². The van der Waals surface area contributed by atoms with Crippen LogP contribution in [-0.4, -0.2) is 16.3 Å². The first-order valence-corrected chi connectivity index (χ1v) is 11.4. The average Bonchev–Trinajstić information content (AvgIpc) is 3.23. The minimum Gasteiger partial charge on any atom is -0.326 e. The second kappa shape index (κ2) is 11.9. The summed E-state index contributed by atoms with van der Waals surface area (Å²) in [7, 11) is 0. The summed E-state index contributed by atoms with van der Waals surface area (Å²) < 4.78 is 30.9. The van der Waals surface area contributed by atoms with E-state index in [1.165, 1.54) is 17.1 Å². The molecule has 0 unspecified atom stereocenters. The molecule has 0 aliphatic rings. The van der Waals surface area contributed by atoms with Crippen LogP contribution in [0.4, 0.5) is 8.78 Å². The van der Waals surface area contributed by atoms with Crippen molar-refractivity contribution in [3.8, 4) is 0 Å². The highest BCUT2D eigenvalue weighted by molar-refractivity contribution is 6.32. The number of hydrogen-bond donors (Lipinski definition) is 1. The molecule has 0 saturated carbocycles. The molecule has 1 heterocycles. The second-order valence-corrected chi connectivity index (χ2v) is 8.35. The predicted molar refractivity (Wildman–Crippen MR) is 142 cm³/mol. The van der Waals surface area contributed by atoms with Crippen molar-refractivity contribution in [3.63, 3.8) is 0 Å². The van der Waals surface area contributed by atoms with Crippen LogP contribution in [0.15, 0.2) is 84.6 Å². The van der Waals surface area contributed by atoms with Gasteiger partial charge in [-0.25, -0.2) is 4.68 Å². The van der Waals surface area contributed by atoms with Crippen molar-refractivity contribution in [2.45, 2.75) is 40.0 Å². The molecule has 1 aromatic carbocycles. The molecule has 2 rings (SSSR count). The Hall–Kier alpha value is -3.02. The number of hydrogen-bond acceptors (Lipinski definition) is 2. The highest BCUT2D eigenvalue weighted by Crippen LogP contribution is 2.40. The number of alkyl halides is 2. The van der Waals surface area contributed by atoms with Crippen LogP contribution in [-0.2, 0) is 5.92 Å². The summed E-state index contributed by atoms with van der Waals surface area (Å²) >= 11 is 6.42. The van der Waals surface area contributed by atoms with Gasteiger partial charge in [0.05, 0.1) is 6.20 Å². The summed E-state index contributed by atoms with van der Waals surface area (Å²) in [6.45, 7) is 15.1. The topological polar surface area (TPSA) is 43.8 Å². The third-order valence-corrected chi connectivity index (χ3v) is 5.81. The van der Waals surface area contributed by atoms with E-state index in [1.807, 2.05) is 51.1 Å². The van der Waals surface area contributed by atoms with E-state index in [0.29, 0.717) is 33.7 Å². The fraction of sp³-hybridized carbons (Fsp3) is 0.250. The zero-order valence-electron chi connectivity index (χ0n) is 20.2.